The topological polar surface area (TPSA) is 29.3 Å². The van der Waals surface area contributed by atoms with Crippen LogP contribution in [0.5, 0.6) is 0 Å². The summed E-state index contributed by atoms with van der Waals surface area (Å²) in [4.78, 5) is 2.28. The van der Waals surface area contributed by atoms with E-state index in [0.717, 1.165) is 12.8 Å². The van der Waals surface area contributed by atoms with Gasteiger partial charge in [0.1, 0.15) is 0 Å². The van der Waals surface area contributed by atoms with E-state index in [0.29, 0.717) is 18.1 Å². The Morgan fingerprint density at radius 2 is 2.00 bits per heavy atom. The van der Waals surface area contributed by atoms with E-state index in [1.54, 1.807) is 4.90 Å². The average Bonchev–Trinajstić information content (AvgIpc) is 2.74. The van der Waals surface area contributed by atoms with Gasteiger partial charge in [0, 0.05) is 24.9 Å². The SMILES string of the molecule is NC(=S)C1(CN2CCC(F)(F)C2)CC1. The molecule has 1 aliphatic carbocycles. The smallest absolute Gasteiger partial charge is 0.261 e. The van der Waals surface area contributed by atoms with Crippen molar-refractivity contribution in [3.63, 3.8) is 0 Å². The highest BCUT2D eigenvalue weighted by molar-refractivity contribution is 7.80. The van der Waals surface area contributed by atoms with Crippen LogP contribution in [0, 0.1) is 5.41 Å². The minimum Gasteiger partial charge on any atom is -0.393 e. The molecule has 1 saturated carbocycles. The van der Waals surface area contributed by atoms with Gasteiger partial charge >= 0.3 is 0 Å². The Morgan fingerprint density at radius 1 is 1.36 bits per heavy atom. The predicted molar refractivity (Wildman–Crippen MR) is 54.5 cm³/mol. The average molecular weight is 220 g/mol. The fourth-order valence-electron chi connectivity index (χ4n) is 2.00. The van der Waals surface area contributed by atoms with Crippen LogP contribution in [0.4, 0.5) is 8.78 Å². The molecule has 0 aromatic heterocycles. The van der Waals surface area contributed by atoms with Crippen molar-refractivity contribution in [1.29, 1.82) is 0 Å². The van der Waals surface area contributed by atoms with E-state index in [-0.39, 0.29) is 18.4 Å². The first-order valence-corrected chi connectivity index (χ1v) is 5.25. The summed E-state index contributed by atoms with van der Waals surface area (Å²) in [6.45, 7) is 0.965. The number of nitrogens with zero attached hydrogens (tertiary/aromatic N) is 1. The number of rotatable bonds is 3. The maximum atomic E-state index is 12.9. The quantitative estimate of drug-likeness (QED) is 0.729. The third-order valence-electron chi connectivity index (χ3n) is 3.15. The zero-order valence-corrected chi connectivity index (χ0v) is 8.75. The van der Waals surface area contributed by atoms with Crippen molar-refractivity contribution in [3.05, 3.63) is 0 Å². The largest absolute Gasteiger partial charge is 0.393 e. The lowest BCUT2D eigenvalue weighted by atomic mass is 10.1. The Labute approximate surface area is 87.4 Å². The highest BCUT2D eigenvalue weighted by atomic mass is 32.1. The molecule has 0 aromatic carbocycles. The van der Waals surface area contributed by atoms with E-state index in [2.05, 4.69) is 0 Å². The van der Waals surface area contributed by atoms with Gasteiger partial charge in [-0.2, -0.15) is 0 Å². The first-order chi connectivity index (χ1) is 6.44. The van der Waals surface area contributed by atoms with Crippen molar-refractivity contribution in [2.45, 2.75) is 25.2 Å². The molecule has 5 heteroatoms. The maximum Gasteiger partial charge on any atom is 0.261 e. The molecule has 0 spiro atoms. The fourth-order valence-corrected chi connectivity index (χ4v) is 2.27. The molecule has 1 aliphatic heterocycles. The van der Waals surface area contributed by atoms with E-state index in [1.165, 1.54) is 0 Å². The van der Waals surface area contributed by atoms with Crippen molar-refractivity contribution < 1.29 is 8.78 Å². The first kappa shape index (κ1) is 10.2. The van der Waals surface area contributed by atoms with Crippen molar-refractivity contribution in [2.24, 2.45) is 11.1 Å². The van der Waals surface area contributed by atoms with Crippen LogP contribution in [0.3, 0.4) is 0 Å². The standard InChI is InChI=1S/C9H14F2N2S/c10-9(11)3-4-13(6-9)5-8(1-2-8)7(12)14/h1-6H2,(H2,12,14). The molecule has 2 nitrogen and oxygen atoms in total. The van der Waals surface area contributed by atoms with Gasteiger partial charge in [0.15, 0.2) is 0 Å². The summed E-state index contributed by atoms with van der Waals surface area (Å²) in [6.07, 6.45) is 1.90. The summed E-state index contributed by atoms with van der Waals surface area (Å²) in [6, 6.07) is 0. The number of hydrogen-bond acceptors (Lipinski definition) is 2. The predicted octanol–water partition coefficient (Wildman–Crippen LogP) is 1.39. The van der Waals surface area contributed by atoms with Crippen molar-refractivity contribution in [1.82, 2.24) is 4.90 Å². The normalized spacial score (nSPS) is 29.0. The van der Waals surface area contributed by atoms with E-state index in [4.69, 9.17) is 18.0 Å². The second-order valence-corrected chi connectivity index (χ2v) is 4.90. The van der Waals surface area contributed by atoms with E-state index >= 15 is 0 Å². The molecule has 1 saturated heterocycles. The van der Waals surface area contributed by atoms with Gasteiger partial charge in [0.05, 0.1) is 11.5 Å². The number of likely N-dealkylation sites (tertiary alicyclic amines) is 1. The minimum atomic E-state index is -2.51. The molecule has 80 valence electrons. The van der Waals surface area contributed by atoms with Gasteiger partial charge in [0.25, 0.3) is 5.92 Å². The Morgan fingerprint density at radius 3 is 2.36 bits per heavy atom. The molecule has 1 heterocycles. The van der Waals surface area contributed by atoms with Crippen LogP contribution < -0.4 is 5.73 Å². The zero-order valence-electron chi connectivity index (χ0n) is 7.93. The van der Waals surface area contributed by atoms with E-state index in [9.17, 15) is 8.78 Å². The van der Waals surface area contributed by atoms with Crippen LogP contribution >= 0.6 is 12.2 Å². The molecular formula is C9H14F2N2S. The molecule has 0 atom stereocenters. The first-order valence-electron chi connectivity index (χ1n) is 4.84. The maximum absolute atomic E-state index is 12.9. The van der Waals surface area contributed by atoms with Gasteiger partial charge in [-0.05, 0) is 12.8 Å². The van der Waals surface area contributed by atoms with Crippen molar-refractivity contribution in [3.8, 4) is 0 Å². The molecule has 0 aromatic rings. The van der Waals surface area contributed by atoms with Crippen LogP contribution in [-0.2, 0) is 0 Å². The van der Waals surface area contributed by atoms with Gasteiger partial charge in [-0.15, -0.1) is 0 Å². The highest BCUT2D eigenvalue weighted by Crippen LogP contribution is 2.47. The fraction of sp³-hybridized carbons (Fsp3) is 0.889. The highest BCUT2D eigenvalue weighted by Gasteiger charge is 2.49. The van der Waals surface area contributed by atoms with E-state index < -0.39 is 5.92 Å². The van der Waals surface area contributed by atoms with E-state index in [1.807, 2.05) is 0 Å². The summed E-state index contributed by atoms with van der Waals surface area (Å²) in [5, 5.41) is 0. The van der Waals surface area contributed by atoms with Gasteiger partial charge in [-0.1, -0.05) is 12.2 Å². The van der Waals surface area contributed by atoms with Gasteiger partial charge < -0.3 is 5.73 Å². The van der Waals surface area contributed by atoms with Gasteiger partial charge in [-0.25, -0.2) is 8.78 Å². The molecule has 2 aliphatic rings. The number of halogens is 2. The zero-order chi connectivity index (χ0) is 10.4. The van der Waals surface area contributed by atoms with Crippen LogP contribution in [0.2, 0.25) is 0 Å². The number of hydrogen-bond donors (Lipinski definition) is 1. The summed E-state index contributed by atoms with van der Waals surface area (Å²) >= 11 is 4.95. The van der Waals surface area contributed by atoms with Crippen molar-refractivity contribution in [2.75, 3.05) is 19.6 Å². The Bertz CT molecular complexity index is 264. The third kappa shape index (κ3) is 1.88. The molecule has 0 bridgehead atoms. The van der Waals surface area contributed by atoms with Crippen LogP contribution in [0.25, 0.3) is 0 Å². The summed E-state index contributed by atoms with van der Waals surface area (Å²) in [5.41, 5.74) is 5.48. The molecule has 2 rings (SSSR count). The van der Waals surface area contributed by atoms with Crippen molar-refractivity contribution >= 4 is 17.2 Å². The minimum absolute atomic E-state index is 0.0274. The summed E-state index contributed by atoms with van der Waals surface area (Å²) in [5.74, 6) is -2.51. The molecule has 2 N–H and O–H groups in total. The second-order valence-electron chi connectivity index (χ2n) is 4.46. The second kappa shape index (κ2) is 3.10. The van der Waals surface area contributed by atoms with Crippen LogP contribution in [0.15, 0.2) is 0 Å². The lowest BCUT2D eigenvalue weighted by Gasteiger charge is -2.21. The summed E-state index contributed by atoms with van der Waals surface area (Å²) < 4.78 is 25.8. The Kier molecular flexibility index (Phi) is 2.27. The van der Waals surface area contributed by atoms with Gasteiger partial charge in [0.2, 0.25) is 0 Å². The number of alkyl halides is 2. The molecule has 0 radical (unpaired) electrons. The third-order valence-corrected chi connectivity index (χ3v) is 3.58. The molecule has 0 amide bonds. The molecular weight excluding hydrogens is 206 g/mol. The van der Waals surface area contributed by atoms with Crippen LogP contribution in [0.1, 0.15) is 19.3 Å². The number of thiocarbonyl (C=S) groups is 1. The lowest BCUT2D eigenvalue weighted by Crippen LogP contribution is -2.36. The van der Waals surface area contributed by atoms with Gasteiger partial charge in [-0.3, -0.25) is 4.90 Å². The lowest BCUT2D eigenvalue weighted by molar-refractivity contribution is 0.0113. The Hall–Kier alpha value is -0.290. The molecule has 2 fully saturated rings. The number of nitrogens with two attached hydrogens (primary N) is 1. The molecule has 0 unspecified atom stereocenters. The van der Waals surface area contributed by atoms with Crippen LogP contribution in [-0.4, -0.2) is 35.4 Å². The molecule has 14 heavy (non-hydrogen) atoms. The monoisotopic (exact) mass is 220 g/mol. The Balaban J connectivity index is 1.91. The summed E-state index contributed by atoms with van der Waals surface area (Å²) in [7, 11) is 0.